The molecule has 7 nitrogen and oxygen atoms in total. The summed E-state index contributed by atoms with van der Waals surface area (Å²) >= 11 is 6.22. The molecule has 0 saturated heterocycles. The van der Waals surface area contributed by atoms with Crippen LogP contribution >= 0.6 is 11.6 Å². The van der Waals surface area contributed by atoms with E-state index in [2.05, 4.69) is 10.6 Å². The average Bonchev–Trinajstić information content (AvgIpc) is 3.63. The lowest BCUT2D eigenvalue weighted by Gasteiger charge is -2.26. The highest BCUT2D eigenvalue weighted by atomic mass is 35.5. The summed E-state index contributed by atoms with van der Waals surface area (Å²) in [6.45, 7) is 0.690. The quantitative estimate of drug-likeness (QED) is 0.466. The lowest BCUT2D eigenvalue weighted by Crippen LogP contribution is -2.35. The van der Waals surface area contributed by atoms with Gasteiger partial charge in [0.05, 0.1) is 12.0 Å². The second-order valence-electron chi connectivity index (χ2n) is 8.97. The van der Waals surface area contributed by atoms with E-state index in [1.807, 2.05) is 24.3 Å². The molecule has 3 N–H and O–H groups in total. The molecule has 0 radical (unpaired) electrons. The van der Waals surface area contributed by atoms with Crippen molar-refractivity contribution in [2.45, 2.75) is 44.1 Å². The Hall–Kier alpha value is -3.06. The number of hydrogen-bond acceptors (Lipinski definition) is 4. The second-order valence-corrected chi connectivity index (χ2v) is 9.38. The van der Waals surface area contributed by atoms with Gasteiger partial charge in [-0.15, -0.1) is 0 Å². The molecule has 2 fully saturated rings. The largest absolute Gasteiger partial charge is 0.490 e. The SMILES string of the molecule is O=C(NCCNC(=O)[C@H]1C[C@@H]1c1ccccc1Cl)c1ccc(OC2CCC(C(=O)O)CC2)cc1. The number of carbonyl (C=O) groups excluding carboxylic acids is 2. The topological polar surface area (TPSA) is 105 Å². The number of hydrogen-bond donors (Lipinski definition) is 3. The molecule has 180 valence electrons. The van der Waals surface area contributed by atoms with Crippen LogP contribution in [0.2, 0.25) is 5.02 Å². The summed E-state index contributed by atoms with van der Waals surface area (Å²) < 4.78 is 5.94. The minimum atomic E-state index is -0.734. The summed E-state index contributed by atoms with van der Waals surface area (Å²) in [4.78, 5) is 35.8. The summed E-state index contributed by atoms with van der Waals surface area (Å²) in [5.74, 6) is -0.481. The summed E-state index contributed by atoms with van der Waals surface area (Å²) in [6, 6.07) is 14.5. The van der Waals surface area contributed by atoms with Gasteiger partial charge in [-0.2, -0.15) is 0 Å². The van der Waals surface area contributed by atoms with Crippen molar-refractivity contribution in [2.75, 3.05) is 13.1 Å². The van der Waals surface area contributed by atoms with Crippen molar-refractivity contribution in [3.63, 3.8) is 0 Å². The van der Waals surface area contributed by atoms with Crippen LogP contribution in [-0.4, -0.2) is 42.1 Å². The molecule has 0 heterocycles. The summed E-state index contributed by atoms with van der Waals surface area (Å²) in [5.41, 5.74) is 1.52. The molecular weight excluding hydrogens is 456 g/mol. The molecule has 8 heteroatoms. The molecule has 4 rings (SSSR count). The van der Waals surface area contributed by atoms with Gasteiger partial charge >= 0.3 is 5.97 Å². The van der Waals surface area contributed by atoms with Crippen molar-refractivity contribution < 1.29 is 24.2 Å². The number of carbonyl (C=O) groups is 3. The summed E-state index contributed by atoms with van der Waals surface area (Å²) in [6.07, 6.45) is 3.46. The third-order valence-corrected chi connectivity index (χ3v) is 6.93. The van der Waals surface area contributed by atoms with Crippen LogP contribution in [0.5, 0.6) is 5.75 Å². The van der Waals surface area contributed by atoms with Crippen LogP contribution < -0.4 is 15.4 Å². The molecule has 34 heavy (non-hydrogen) atoms. The van der Waals surface area contributed by atoms with Gasteiger partial charge in [0.25, 0.3) is 5.91 Å². The van der Waals surface area contributed by atoms with Gasteiger partial charge in [-0.1, -0.05) is 29.8 Å². The van der Waals surface area contributed by atoms with Crippen molar-refractivity contribution in [3.8, 4) is 5.75 Å². The standard InChI is InChI=1S/C26H29ClN2O5/c27-23-4-2-1-3-20(23)21-15-22(21)25(31)29-14-13-28-24(30)16-5-9-18(10-6-16)34-19-11-7-17(8-12-19)26(32)33/h1-6,9-10,17,19,21-22H,7-8,11-15H2,(H,28,30)(H,29,31)(H,32,33)/t17?,19?,21-,22+/m1/s1. The third kappa shape index (κ3) is 6.08. The number of amides is 2. The highest BCUT2D eigenvalue weighted by molar-refractivity contribution is 6.31. The van der Waals surface area contributed by atoms with Gasteiger partial charge < -0.3 is 20.5 Å². The molecule has 2 aliphatic carbocycles. The van der Waals surface area contributed by atoms with Gasteiger partial charge in [0.1, 0.15) is 5.75 Å². The van der Waals surface area contributed by atoms with Crippen LogP contribution in [0.4, 0.5) is 0 Å². The summed E-state index contributed by atoms with van der Waals surface area (Å²) in [5, 5.41) is 15.5. The molecular formula is C26H29ClN2O5. The zero-order valence-corrected chi connectivity index (χ0v) is 19.6. The predicted molar refractivity (Wildman–Crippen MR) is 128 cm³/mol. The first-order valence-electron chi connectivity index (χ1n) is 11.7. The number of benzene rings is 2. The van der Waals surface area contributed by atoms with E-state index in [1.54, 1.807) is 24.3 Å². The van der Waals surface area contributed by atoms with E-state index in [0.717, 1.165) is 12.0 Å². The Morgan fingerprint density at radius 3 is 2.29 bits per heavy atom. The van der Waals surface area contributed by atoms with Gasteiger partial charge in [0, 0.05) is 29.6 Å². The van der Waals surface area contributed by atoms with Crippen LogP contribution in [-0.2, 0) is 9.59 Å². The first-order valence-corrected chi connectivity index (χ1v) is 12.1. The smallest absolute Gasteiger partial charge is 0.306 e. The Bertz CT molecular complexity index is 1030. The first-order chi connectivity index (χ1) is 16.4. The van der Waals surface area contributed by atoms with E-state index < -0.39 is 5.97 Å². The Balaban J connectivity index is 1.15. The lowest BCUT2D eigenvalue weighted by molar-refractivity contribution is -0.143. The Morgan fingerprint density at radius 2 is 1.62 bits per heavy atom. The minimum absolute atomic E-state index is 0.00266. The van der Waals surface area contributed by atoms with E-state index in [9.17, 15) is 14.4 Å². The number of nitrogens with one attached hydrogen (secondary N) is 2. The third-order valence-electron chi connectivity index (χ3n) is 6.58. The number of carboxylic acids is 1. The minimum Gasteiger partial charge on any atom is -0.490 e. The van der Waals surface area contributed by atoms with Gasteiger partial charge in [0.15, 0.2) is 0 Å². The van der Waals surface area contributed by atoms with Crippen molar-refractivity contribution in [1.29, 1.82) is 0 Å². The molecule has 0 bridgehead atoms. The summed E-state index contributed by atoms with van der Waals surface area (Å²) in [7, 11) is 0. The van der Waals surface area contributed by atoms with Crippen LogP contribution in [0.3, 0.4) is 0 Å². The average molecular weight is 485 g/mol. The molecule has 2 aromatic carbocycles. The predicted octanol–water partition coefficient (Wildman–Crippen LogP) is 4.01. The van der Waals surface area contributed by atoms with E-state index in [-0.39, 0.29) is 35.7 Å². The fourth-order valence-corrected chi connectivity index (χ4v) is 4.78. The zero-order valence-electron chi connectivity index (χ0n) is 18.8. The molecule has 2 aromatic rings. The maximum absolute atomic E-state index is 12.4. The Labute approximate surface area is 203 Å². The Morgan fingerprint density at radius 1 is 0.941 bits per heavy atom. The fourth-order valence-electron chi connectivity index (χ4n) is 4.50. The van der Waals surface area contributed by atoms with Crippen LogP contribution in [0.1, 0.15) is 53.9 Å². The van der Waals surface area contributed by atoms with Gasteiger partial charge in [-0.05, 0) is 73.9 Å². The molecule has 0 spiro atoms. The first kappa shape index (κ1) is 24.1. The number of ether oxygens (including phenoxy) is 1. The fraction of sp³-hybridized carbons (Fsp3) is 0.423. The molecule has 0 unspecified atom stereocenters. The van der Waals surface area contributed by atoms with Crippen LogP contribution in [0, 0.1) is 11.8 Å². The zero-order chi connectivity index (χ0) is 24.1. The van der Waals surface area contributed by atoms with Gasteiger partial charge in [-0.3, -0.25) is 14.4 Å². The molecule has 2 aliphatic rings. The Kier molecular flexibility index (Phi) is 7.73. The monoisotopic (exact) mass is 484 g/mol. The second kappa shape index (κ2) is 10.9. The van der Waals surface area contributed by atoms with Crippen molar-refractivity contribution in [3.05, 3.63) is 64.7 Å². The van der Waals surface area contributed by atoms with E-state index in [0.29, 0.717) is 55.1 Å². The van der Waals surface area contributed by atoms with Crippen molar-refractivity contribution >= 4 is 29.4 Å². The molecule has 0 aromatic heterocycles. The number of aliphatic carboxylic acids is 1. The molecule has 2 amide bonds. The van der Waals surface area contributed by atoms with Crippen molar-refractivity contribution in [1.82, 2.24) is 10.6 Å². The number of rotatable bonds is 9. The molecule has 2 saturated carbocycles. The highest BCUT2D eigenvalue weighted by Gasteiger charge is 2.44. The maximum Gasteiger partial charge on any atom is 0.306 e. The van der Waals surface area contributed by atoms with Gasteiger partial charge in [-0.25, -0.2) is 0 Å². The highest BCUT2D eigenvalue weighted by Crippen LogP contribution is 2.49. The van der Waals surface area contributed by atoms with E-state index >= 15 is 0 Å². The maximum atomic E-state index is 12.4. The van der Waals surface area contributed by atoms with Crippen molar-refractivity contribution in [2.24, 2.45) is 11.8 Å². The van der Waals surface area contributed by atoms with E-state index in [1.165, 1.54) is 0 Å². The normalized spacial score (nSPS) is 23.6. The van der Waals surface area contributed by atoms with Crippen LogP contribution in [0.15, 0.2) is 48.5 Å². The number of halogens is 1. The van der Waals surface area contributed by atoms with E-state index in [4.69, 9.17) is 21.4 Å². The molecule has 0 aliphatic heterocycles. The molecule has 2 atom stereocenters. The van der Waals surface area contributed by atoms with Gasteiger partial charge in [0.2, 0.25) is 5.91 Å². The lowest BCUT2D eigenvalue weighted by atomic mass is 9.87. The van der Waals surface area contributed by atoms with Crippen LogP contribution in [0.25, 0.3) is 0 Å². The number of carboxylic acid groups (broad SMARTS) is 1.